The van der Waals surface area contributed by atoms with Gasteiger partial charge in [0.15, 0.2) is 0 Å². The number of rotatable bonds is 8. The zero-order valence-electron chi connectivity index (χ0n) is 12.1. The minimum Gasteiger partial charge on any atom is -0.497 e. The zero-order chi connectivity index (χ0) is 14.8. The average molecular weight is 298 g/mol. The van der Waals surface area contributed by atoms with Crippen molar-refractivity contribution in [1.29, 1.82) is 0 Å². The molecule has 0 aliphatic heterocycles. The predicted molar refractivity (Wildman–Crippen MR) is 83.8 cm³/mol. The molecule has 1 rings (SSSR count). The molecule has 0 saturated heterocycles. The minimum absolute atomic E-state index is 0.0403. The number of hydrogen-bond donors (Lipinski definition) is 2. The lowest BCUT2D eigenvalue weighted by Crippen LogP contribution is -2.36. The molecule has 0 aromatic heterocycles. The van der Waals surface area contributed by atoms with Gasteiger partial charge in [-0.1, -0.05) is 6.07 Å². The van der Waals surface area contributed by atoms with Crippen LogP contribution >= 0.6 is 11.8 Å². The van der Waals surface area contributed by atoms with E-state index >= 15 is 0 Å². The van der Waals surface area contributed by atoms with Crippen molar-refractivity contribution in [3.8, 4) is 5.75 Å². The second-order valence-electron chi connectivity index (χ2n) is 4.21. The van der Waals surface area contributed by atoms with Crippen LogP contribution in [0.4, 0.5) is 10.5 Å². The van der Waals surface area contributed by atoms with Gasteiger partial charge in [-0.3, -0.25) is 0 Å². The average Bonchev–Trinajstić information content (AvgIpc) is 2.47. The molecule has 6 heteroatoms. The number of carbonyl (C=O) groups is 1. The summed E-state index contributed by atoms with van der Waals surface area (Å²) in [6.07, 6.45) is 3.01. The molecule has 5 nitrogen and oxygen atoms in total. The van der Waals surface area contributed by atoms with E-state index in [4.69, 9.17) is 9.47 Å². The third-order valence-electron chi connectivity index (χ3n) is 2.80. The first-order valence-corrected chi connectivity index (χ1v) is 7.79. The molecule has 0 spiro atoms. The maximum absolute atomic E-state index is 11.8. The zero-order valence-corrected chi connectivity index (χ0v) is 13.0. The van der Waals surface area contributed by atoms with Gasteiger partial charge in [0.2, 0.25) is 0 Å². The van der Waals surface area contributed by atoms with Crippen LogP contribution in [-0.2, 0) is 4.74 Å². The highest BCUT2D eigenvalue weighted by atomic mass is 32.2. The quantitative estimate of drug-likeness (QED) is 0.774. The lowest BCUT2D eigenvalue weighted by Gasteiger charge is -2.16. The van der Waals surface area contributed by atoms with Crippen LogP contribution in [0, 0.1) is 0 Å². The van der Waals surface area contributed by atoms with Gasteiger partial charge in [-0.2, -0.15) is 11.8 Å². The SMILES string of the molecule is COc1cccc(NC(=O)NCC(CCSC)OC)c1. The molecule has 0 saturated carbocycles. The summed E-state index contributed by atoms with van der Waals surface area (Å²) in [6.45, 7) is 0.493. The monoisotopic (exact) mass is 298 g/mol. The number of thioether (sulfide) groups is 1. The van der Waals surface area contributed by atoms with Gasteiger partial charge in [0, 0.05) is 25.4 Å². The summed E-state index contributed by atoms with van der Waals surface area (Å²) >= 11 is 1.76. The summed E-state index contributed by atoms with van der Waals surface area (Å²) in [7, 11) is 3.25. The van der Waals surface area contributed by atoms with Crippen LogP contribution in [0.25, 0.3) is 0 Å². The first kappa shape index (κ1) is 16.7. The van der Waals surface area contributed by atoms with Gasteiger partial charge in [0.05, 0.1) is 13.2 Å². The highest BCUT2D eigenvalue weighted by Crippen LogP contribution is 2.16. The molecule has 0 aliphatic rings. The van der Waals surface area contributed by atoms with Crippen molar-refractivity contribution in [3.05, 3.63) is 24.3 Å². The van der Waals surface area contributed by atoms with E-state index in [1.54, 1.807) is 32.0 Å². The Labute approximate surface area is 124 Å². The van der Waals surface area contributed by atoms with Gasteiger partial charge in [-0.15, -0.1) is 0 Å². The fraction of sp³-hybridized carbons (Fsp3) is 0.500. The second kappa shape index (κ2) is 9.50. The van der Waals surface area contributed by atoms with Crippen LogP contribution in [0.3, 0.4) is 0 Å². The Balaban J connectivity index is 2.38. The first-order valence-electron chi connectivity index (χ1n) is 6.40. The number of ether oxygens (including phenoxy) is 2. The van der Waals surface area contributed by atoms with Gasteiger partial charge in [-0.25, -0.2) is 4.79 Å². The fourth-order valence-electron chi connectivity index (χ4n) is 1.64. The topological polar surface area (TPSA) is 59.6 Å². The molecule has 0 radical (unpaired) electrons. The van der Waals surface area contributed by atoms with E-state index in [1.165, 1.54) is 0 Å². The molecule has 0 fully saturated rings. The number of amides is 2. The van der Waals surface area contributed by atoms with Crippen LogP contribution < -0.4 is 15.4 Å². The fourth-order valence-corrected chi connectivity index (χ4v) is 2.13. The Morgan fingerprint density at radius 2 is 2.20 bits per heavy atom. The number of urea groups is 1. The van der Waals surface area contributed by atoms with Crippen LogP contribution in [0.15, 0.2) is 24.3 Å². The molecule has 0 bridgehead atoms. The molecule has 0 aliphatic carbocycles. The Morgan fingerprint density at radius 3 is 2.85 bits per heavy atom. The summed E-state index contributed by atoms with van der Waals surface area (Å²) in [6, 6.07) is 6.98. The Morgan fingerprint density at radius 1 is 1.40 bits per heavy atom. The van der Waals surface area contributed by atoms with Crippen LogP contribution in [0.1, 0.15) is 6.42 Å². The molecule has 1 aromatic rings. The van der Waals surface area contributed by atoms with E-state index in [0.29, 0.717) is 18.0 Å². The number of nitrogens with one attached hydrogen (secondary N) is 2. The minimum atomic E-state index is -0.246. The second-order valence-corrected chi connectivity index (χ2v) is 5.19. The predicted octanol–water partition coefficient (Wildman–Crippen LogP) is 2.58. The summed E-state index contributed by atoms with van der Waals surface area (Å²) in [5, 5.41) is 5.56. The number of hydrogen-bond acceptors (Lipinski definition) is 4. The van der Waals surface area contributed by atoms with Crippen molar-refractivity contribution in [2.75, 3.05) is 38.1 Å². The van der Waals surface area contributed by atoms with Gasteiger partial charge < -0.3 is 20.1 Å². The van der Waals surface area contributed by atoms with Crippen molar-refractivity contribution in [2.24, 2.45) is 0 Å². The highest BCUT2D eigenvalue weighted by molar-refractivity contribution is 7.98. The summed E-state index contributed by atoms with van der Waals surface area (Å²) < 4.78 is 10.4. The van der Waals surface area contributed by atoms with E-state index < -0.39 is 0 Å². The van der Waals surface area contributed by atoms with Crippen molar-refractivity contribution in [3.63, 3.8) is 0 Å². The van der Waals surface area contributed by atoms with E-state index in [1.807, 2.05) is 18.2 Å². The van der Waals surface area contributed by atoms with E-state index in [2.05, 4.69) is 16.9 Å². The van der Waals surface area contributed by atoms with Gasteiger partial charge >= 0.3 is 6.03 Å². The molecule has 1 unspecified atom stereocenters. The highest BCUT2D eigenvalue weighted by Gasteiger charge is 2.09. The normalized spacial score (nSPS) is 11.8. The maximum Gasteiger partial charge on any atom is 0.319 e. The number of methoxy groups -OCH3 is 2. The first-order chi connectivity index (χ1) is 9.69. The van der Waals surface area contributed by atoms with Crippen molar-refractivity contribution >= 4 is 23.5 Å². The molecule has 2 amide bonds. The van der Waals surface area contributed by atoms with E-state index in [9.17, 15) is 4.79 Å². The number of carbonyl (C=O) groups excluding carboxylic acids is 1. The number of anilines is 1. The van der Waals surface area contributed by atoms with Crippen molar-refractivity contribution in [2.45, 2.75) is 12.5 Å². The molecule has 1 atom stereocenters. The molecule has 112 valence electrons. The van der Waals surface area contributed by atoms with Crippen molar-refractivity contribution < 1.29 is 14.3 Å². The molecule has 20 heavy (non-hydrogen) atoms. The third kappa shape index (κ3) is 6.16. The Bertz CT molecular complexity index is 415. The summed E-state index contributed by atoms with van der Waals surface area (Å²) in [5.41, 5.74) is 0.694. The lowest BCUT2D eigenvalue weighted by atomic mass is 10.3. The van der Waals surface area contributed by atoms with E-state index in [-0.39, 0.29) is 12.1 Å². The molecular formula is C14H22N2O3S. The number of benzene rings is 1. The lowest BCUT2D eigenvalue weighted by molar-refractivity contribution is 0.102. The smallest absolute Gasteiger partial charge is 0.319 e. The van der Waals surface area contributed by atoms with Crippen LogP contribution in [0.2, 0.25) is 0 Å². The summed E-state index contributed by atoms with van der Waals surface area (Å²) in [5.74, 6) is 1.72. The Hall–Kier alpha value is -1.40. The third-order valence-corrected chi connectivity index (χ3v) is 3.44. The van der Waals surface area contributed by atoms with E-state index in [0.717, 1.165) is 12.2 Å². The largest absolute Gasteiger partial charge is 0.497 e. The van der Waals surface area contributed by atoms with Gasteiger partial charge in [0.1, 0.15) is 5.75 Å². The molecular weight excluding hydrogens is 276 g/mol. The van der Waals surface area contributed by atoms with Crippen molar-refractivity contribution in [1.82, 2.24) is 5.32 Å². The van der Waals surface area contributed by atoms with Gasteiger partial charge in [-0.05, 0) is 30.6 Å². The molecule has 0 heterocycles. The van der Waals surface area contributed by atoms with Gasteiger partial charge in [0.25, 0.3) is 0 Å². The van der Waals surface area contributed by atoms with Crippen LogP contribution in [0.5, 0.6) is 5.75 Å². The molecule has 1 aromatic carbocycles. The summed E-state index contributed by atoms with van der Waals surface area (Å²) in [4.78, 5) is 11.8. The standard InChI is InChI=1S/C14H22N2O3S/c1-18-12-6-4-5-11(9-12)16-14(17)15-10-13(19-2)7-8-20-3/h4-6,9,13H,7-8,10H2,1-3H3,(H2,15,16,17). The maximum atomic E-state index is 11.8. The van der Waals surface area contributed by atoms with Crippen LogP contribution in [-0.4, -0.2) is 44.9 Å². The molecule has 2 N–H and O–H groups in total. The Kier molecular flexibility index (Phi) is 7.91.